The molecule has 1 unspecified atom stereocenters. The normalized spacial score (nSPS) is 28.2. The van der Waals surface area contributed by atoms with Gasteiger partial charge in [-0.05, 0) is 13.0 Å². The summed E-state index contributed by atoms with van der Waals surface area (Å²) in [7, 11) is 0. The summed E-state index contributed by atoms with van der Waals surface area (Å²) >= 11 is 0. The average Bonchev–Trinajstić information content (AvgIpc) is 2.49. The molecule has 4 N–H and O–H groups in total. The largest absolute Gasteiger partial charge is 0.334 e. The van der Waals surface area contributed by atoms with Gasteiger partial charge in [0.1, 0.15) is 0 Å². The van der Waals surface area contributed by atoms with Crippen molar-refractivity contribution in [2.75, 3.05) is 26.2 Å². The molecule has 0 aliphatic carbocycles. The van der Waals surface area contributed by atoms with E-state index >= 15 is 0 Å². The minimum absolute atomic E-state index is 0.0276. The molecule has 0 aromatic heterocycles. The van der Waals surface area contributed by atoms with Gasteiger partial charge < -0.3 is 21.3 Å². The summed E-state index contributed by atoms with van der Waals surface area (Å²) in [6.07, 6.45) is 1.04. The number of nitrogens with one attached hydrogen (secondary N) is 4. The topological polar surface area (TPSA) is 65.2 Å². The smallest absolute Gasteiger partial charge is 0.315 e. The van der Waals surface area contributed by atoms with Crippen LogP contribution in [0.5, 0.6) is 0 Å². The molecule has 2 aliphatic rings. The van der Waals surface area contributed by atoms with Gasteiger partial charge in [0.05, 0.1) is 6.04 Å². The Labute approximate surface area is 77.6 Å². The lowest BCUT2D eigenvalue weighted by Gasteiger charge is -2.28. The molecule has 2 aliphatic heterocycles. The van der Waals surface area contributed by atoms with E-state index < -0.39 is 0 Å². The molecule has 13 heavy (non-hydrogen) atoms. The molecule has 5 nitrogen and oxygen atoms in total. The van der Waals surface area contributed by atoms with Gasteiger partial charge in [-0.15, -0.1) is 0 Å². The van der Waals surface area contributed by atoms with Crippen LogP contribution in [0.4, 0.5) is 4.79 Å². The molecule has 2 saturated heterocycles. The quantitative estimate of drug-likeness (QED) is 0.428. The van der Waals surface area contributed by atoms with Crippen molar-refractivity contribution in [3.63, 3.8) is 0 Å². The molecular formula is C8H16N4O. The van der Waals surface area contributed by atoms with Crippen LogP contribution in [0.1, 0.15) is 6.42 Å². The molecule has 74 valence electrons. The van der Waals surface area contributed by atoms with Crippen molar-refractivity contribution in [2.24, 2.45) is 0 Å². The third-order valence-corrected chi connectivity index (χ3v) is 2.51. The predicted molar refractivity (Wildman–Crippen MR) is 49.6 cm³/mol. The Balaban J connectivity index is 1.64. The number of hydrogen-bond acceptors (Lipinski definition) is 3. The Morgan fingerprint density at radius 3 is 2.31 bits per heavy atom. The van der Waals surface area contributed by atoms with Crippen LogP contribution in [0.25, 0.3) is 0 Å². The highest BCUT2D eigenvalue weighted by Gasteiger charge is 2.21. The van der Waals surface area contributed by atoms with Crippen LogP contribution < -0.4 is 21.3 Å². The molecule has 2 amide bonds. The van der Waals surface area contributed by atoms with Crippen LogP contribution in [0.2, 0.25) is 0 Å². The highest BCUT2D eigenvalue weighted by Crippen LogP contribution is 1.97. The van der Waals surface area contributed by atoms with Crippen molar-refractivity contribution in [3.8, 4) is 0 Å². The zero-order valence-corrected chi connectivity index (χ0v) is 7.60. The zero-order chi connectivity index (χ0) is 9.10. The van der Waals surface area contributed by atoms with Crippen molar-refractivity contribution in [1.29, 1.82) is 0 Å². The Hall–Kier alpha value is -0.810. The molecule has 0 bridgehead atoms. The molecule has 5 heteroatoms. The van der Waals surface area contributed by atoms with Gasteiger partial charge in [0.15, 0.2) is 0 Å². The van der Waals surface area contributed by atoms with Gasteiger partial charge in [0.2, 0.25) is 0 Å². The van der Waals surface area contributed by atoms with E-state index in [9.17, 15) is 4.79 Å². The van der Waals surface area contributed by atoms with Gasteiger partial charge in [0.25, 0.3) is 0 Å². The number of carbonyl (C=O) groups excluding carboxylic acids is 1. The first-order valence-corrected chi connectivity index (χ1v) is 4.83. The lowest BCUT2D eigenvalue weighted by atomic mass is 10.2. The van der Waals surface area contributed by atoms with Gasteiger partial charge in [0, 0.05) is 25.7 Å². The van der Waals surface area contributed by atoms with Crippen molar-refractivity contribution < 1.29 is 4.79 Å². The number of carbonyl (C=O) groups is 1. The van der Waals surface area contributed by atoms with Crippen molar-refractivity contribution in [3.05, 3.63) is 0 Å². The average molecular weight is 184 g/mol. The van der Waals surface area contributed by atoms with Crippen LogP contribution >= 0.6 is 0 Å². The molecule has 2 rings (SSSR count). The predicted octanol–water partition coefficient (Wildman–Crippen LogP) is -1.38. The van der Waals surface area contributed by atoms with E-state index in [0.29, 0.717) is 12.1 Å². The lowest BCUT2D eigenvalue weighted by Crippen LogP contribution is -2.59. The molecule has 0 saturated carbocycles. The monoisotopic (exact) mass is 184 g/mol. The summed E-state index contributed by atoms with van der Waals surface area (Å²) in [5.41, 5.74) is 0. The van der Waals surface area contributed by atoms with E-state index in [-0.39, 0.29) is 6.03 Å². The maximum absolute atomic E-state index is 11.3. The summed E-state index contributed by atoms with van der Waals surface area (Å²) in [5.74, 6) is 0. The Morgan fingerprint density at radius 1 is 1.08 bits per heavy atom. The Bertz CT molecular complexity index is 187. The van der Waals surface area contributed by atoms with Crippen LogP contribution in [-0.4, -0.2) is 44.3 Å². The second-order valence-corrected chi connectivity index (χ2v) is 3.66. The molecule has 0 radical (unpaired) electrons. The van der Waals surface area contributed by atoms with Gasteiger partial charge in [-0.1, -0.05) is 0 Å². The molecule has 1 atom stereocenters. The van der Waals surface area contributed by atoms with Crippen LogP contribution in [0.3, 0.4) is 0 Å². The summed E-state index contributed by atoms with van der Waals surface area (Å²) in [6, 6.07) is 0.614. The van der Waals surface area contributed by atoms with E-state index in [4.69, 9.17) is 0 Å². The fraction of sp³-hybridized carbons (Fsp3) is 0.875. The maximum atomic E-state index is 11.3. The van der Waals surface area contributed by atoms with Gasteiger partial charge in [-0.2, -0.15) is 0 Å². The fourth-order valence-electron chi connectivity index (χ4n) is 1.58. The third-order valence-electron chi connectivity index (χ3n) is 2.51. The zero-order valence-electron chi connectivity index (χ0n) is 7.60. The second-order valence-electron chi connectivity index (χ2n) is 3.66. The summed E-state index contributed by atoms with van der Waals surface area (Å²) in [6.45, 7) is 3.71. The highest BCUT2D eigenvalue weighted by atomic mass is 16.2. The van der Waals surface area contributed by atoms with Gasteiger partial charge in [-0.3, -0.25) is 0 Å². The van der Waals surface area contributed by atoms with Crippen LogP contribution in [0, 0.1) is 0 Å². The van der Waals surface area contributed by atoms with Crippen LogP contribution in [-0.2, 0) is 0 Å². The van der Waals surface area contributed by atoms with E-state index in [0.717, 1.165) is 32.6 Å². The number of amides is 2. The van der Waals surface area contributed by atoms with Gasteiger partial charge >= 0.3 is 6.03 Å². The first kappa shape index (κ1) is 8.77. The van der Waals surface area contributed by atoms with Gasteiger partial charge in [-0.25, -0.2) is 4.79 Å². The molecule has 0 aromatic carbocycles. The van der Waals surface area contributed by atoms with Crippen molar-refractivity contribution in [2.45, 2.75) is 18.5 Å². The number of urea groups is 1. The van der Waals surface area contributed by atoms with Crippen molar-refractivity contribution in [1.82, 2.24) is 21.3 Å². The fourth-order valence-corrected chi connectivity index (χ4v) is 1.58. The van der Waals surface area contributed by atoms with E-state index in [1.54, 1.807) is 0 Å². The van der Waals surface area contributed by atoms with E-state index in [2.05, 4.69) is 21.3 Å². The van der Waals surface area contributed by atoms with E-state index in [1.165, 1.54) is 0 Å². The third kappa shape index (κ3) is 2.32. The van der Waals surface area contributed by atoms with E-state index in [1.807, 2.05) is 0 Å². The minimum atomic E-state index is -0.0276. The Morgan fingerprint density at radius 2 is 1.77 bits per heavy atom. The molecule has 0 aromatic rings. The first-order chi connectivity index (χ1) is 6.34. The molecule has 0 spiro atoms. The second kappa shape index (κ2) is 3.93. The Kier molecular flexibility index (Phi) is 2.65. The molecular weight excluding hydrogens is 168 g/mol. The maximum Gasteiger partial charge on any atom is 0.315 e. The standard InChI is InChI=1S/C8H16N4O/c13-8(12-7-4-10-5-7)11-6-1-2-9-3-6/h6-7,9-10H,1-5H2,(H2,11,12,13). The van der Waals surface area contributed by atoms with Crippen molar-refractivity contribution >= 4 is 6.03 Å². The number of hydrogen-bond donors (Lipinski definition) is 4. The first-order valence-electron chi connectivity index (χ1n) is 4.83. The molecule has 2 fully saturated rings. The molecule has 2 heterocycles. The van der Waals surface area contributed by atoms with Crippen LogP contribution in [0.15, 0.2) is 0 Å². The lowest BCUT2D eigenvalue weighted by molar-refractivity contribution is 0.228. The summed E-state index contributed by atoms with van der Waals surface area (Å²) in [5, 5.41) is 12.2. The summed E-state index contributed by atoms with van der Waals surface area (Å²) < 4.78 is 0. The minimum Gasteiger partial charge on any atom is -0.334 e. The SMILES string of the molecule is O=C(NC1CCNC1)NC1CNC1. The summed E-state index contributed by atoms with van der Waals surface area (Å²) in [4.78, 5) is 11.3. The highest BCUT2D eigenvalue weighted by molar-refractivity contribution is 5.74. The number of rotatable bonds is 2.